The molecule has 0 bridgehead atoms. The van der Waals surface area contributed by atoms with Crippen molar-refractivity contribution in [1.29, 1.82) is 0 Å². The van der Waals surface area contributed by atoms with Crippen LogP contribution in [0.2, 0.25) is 0 Å². The third kappa shape index (κ3) is 5.13. The van der Waals surface area contributed by atoms with E-state index in [9.17, 15) is 4.79 Å². The predicted molar refractivity (Wildman–Crippen MR) is 106 cm³/mol. The Bertz CT molecular complexity index is 565. The molecule has 1 aromatic carbocycles. The molecule has 1 aromatic rings. The van der Waals surface area contributed by atoms with Crippen LogP contribution in [0, 0.1) is 5.92 Å². The first-order valence-corrected chi connectivity index (χ1v) is 10.1. The van der Waals surface area contributed by atoms with Crippen molar-refractivity contribution in [2.75, 3.05) is 37.7 Å². The van der Waals surface area contributed by atoms with Gasteiger partial charge in [0.2, 0.25) is 0 Å². The summed E-state index contributed by atoms with van der Waals surface area (Å²) in [5.41, 5.74) is 2.44. The molecule has 26 heavy (non-hydrogen) atoms. The second-order valence-corrected chi connectivity index (χ2v) is 7.66. The van der Waals surface area contributed by atoms with E-state index in [1.807, 2.05) is 11.8 Å². The highest BCUT2D eigenvalue weighted by Crippen LogP contribution is 2.23. The van der Waals surface area contributed by atoms with E-state index >= 15 is 0 Å². The summed E-state index contributed by atoms with van der Waals surface area (Å²) in [5.74, 6) is 0.845. The predicted octanol–water partition coefficient (Wildman–Crippen LogP) is 3.63. The van der Waals surface area contributed by atoms with Crippen LogP contribution in [0.4, 0.5) is 10.5 Å². The van der Waals surface area contributed by atoms with Crippen LogP contribution in [0.1, 0.15) is 45.1 Å². The fourth-order valence-corrected chi connectivity index (χ4v) is 3.88. The number of amides is 2. The molecule has 5 heteroatoms. The molecule has 5 nitrogen and oxygen atoms in total. The maximum absolute atomic E-state index is 12.4. The number of ether oxygens (including phenoxy) is 1. The third-order valence-electron chi connectivity index (χ3n) is 5.60. The lowest BCUT2D eigenvalue weighted by Gasteiger charge is -2.32. The molecule has 3 rings (SSSR count). The van der Waals surface area contributed by atoms with Crippen LogP contribution >= 0.6 is 0 Å². The van der Waals surface area contributed by atoms with Gasteiger partial charge < -0.3 is 19.9 Å². The number of nitrogens with one attached hydrogen (secondary N) is 1. The Balaban J connectivity index is 1.46. The number of likely N-dealkylation sites (tertiary alicyclic amines) is 1. The van der Waals surface area contributed by atoms with Crippen LogP contribution in [0.5, 0.6) is 0 Å². The van der Waals surface area contributed by atoms with E-state index < -0.39 is 0 Å². The van der Waals surface area contributed by atoms with Gasteiger partial charge in [0.1, 0.15) is 0 Å². The molecular weight excluding hydrogens is 326 g/mol. The third-order valence-corrected chi connectivity index (χ3v) is 5.60. The Kier molecular flexibility index (Phi) is 6.78. The fourth-order valence-electron chi connectivity index (χ4n) is 3.88. The SMILES string of the molecule is CCOC1CCCN(C(=O)NCc2ccc(N3CCC(C)CC3)cc2)C1. The number of nitrogens with zero attached hydrogens (tertiary/aromatic N) is 2. The summed E-state index contributed by atoms with van der Waals surface area (Å²) in [6.07, 6.45) is 4.80. The zero-order valence-corrected chi connectivity index (χ0v) is 16.2. The summed E-state index contributed by atoms with van der Waals surface area (Å²) in [6.45, 7) is 9.44. The Labute approximate surface area is 157 Å². The molecule has 0 saturated carbocycles. The quantitative estimate of drug-likeness (QED) is 0.873. The zero-order chi connectivity index (χ0) is 18.4. The summed E-state index contributed by atoms with van der Waals surface area (Å²) < 4.78 is 5.68. The number of piperidine rings is 2. The van der Waals surface area contributed by atoms with E-state index in [4.69, 9.17) is 4.74 Å². The largest absolute Gasteiger partial charge is 0.377 e. The van der Waals surface area contributed by atoms with Crippen LogP contribution in [-0.2, 0) is 11.3 Å². The number of carbonyl (C=O) groups is 1. The van der Waals surface area contributed by atoms with Gasteiger partial charge in [0.25, 0.3) is 0 Å². The van der Waals surface area contributed by atoms with Gasteiger partial charge in [-0.1, -0.05) is 19.1 Å². The van der Waals surface area contributed by atoms with Gasteiger partial charge in [0, 0.05) is 45.0 Å². The van der Waals surface area contributed by atoms with Gasteiger partial charge in [-0.2, -0.15) is 0 Å². The molecular formula is C21H33N3O2. The Morgan fingerprint density at radius 1 is 1.15 bits per heavy atom. The number of hydrogen-bond acceptors (Lipinski definition) is 3. The summed E-state index contributed by atoms with van der Waals surface area (Å²) in [4.78, 5) is 16.8. The van der Waals surface area contributed by atoms with E-state index in [1.165, 1.54) is 18.5 Å². The Morgan fingerprint density at radius 3 is 2.58 bits per heavy atom. The molecule has 2 fully saturated rings. The van der Waals surface area contributed by atoms with Crippen LogP contribution in [0.15, 0.2) is 24.3 Å². The van der Waals surface area contributed by atoms with E-state index in [2.05, 4.69) is 41.4 Å². The molecule has 1 N–H and O–H groups in total. The van der Waals surface area contributed by atoms with Crippen molar-refractivity contribution >= 4 is 11.7 Å². The minimum Gasteiger partial charge on any atom is -0.377 e. The van der Waals surface area contributed by atoms with Gasteiger partial charge in [-0.25, -0.2) is 4.79 Å². The van der Waals surface area contributed by atoms with Crippen molar-refractivity contribution < 1.29 is 9.53 Å². The van der Waals surface area contributed by atoms with E-state index in [0.29, 0.717) is 19.7 Å². The molecule has 1 unspecified atom stereocenters. The maximum Gasteiger partial charge on any atom is 0.317 e. The van der Waals surface area contributed by atoms with Crippen LogP contribution < -0.4 is 10.2 Å². The highest BCUT2D eigenvalue weighted by atomic mass is 16.5. The first-order chi connectivity index (χ1) is 12.7. The molecule has 2 aliphatic rings. The second kappa shape index (κ2) is 9.26. The molecule has 0 aliphatic carbocycles. The molecule has 2 heterocycles. The van der Waals surface area contributed by atoms with Gasteiger partial charge in [-0.05, 0) is 56.2 Å². The molecule has 0 aromatic heterocycles. The molecule has 144 valence electrons. The molecule has 1 atom stereocenters. The summed E-state index contributed by atoms with van der Waals surface area (Å²) in [6, 6.07) is 8.65. The minimum atomic E-state index is 0.0171. The number of benzene rings is 1. The van der Waals surface area contributed by atoms with Crippen LogP contribution in [-0.4, -0.2) is 49.8 Å². The Morgan fingerprint density at radius 2 is 1.88 bits per heavy atom. The summed E-state index contributed by atoms with van der Waals surface area (Å²) in [7, 11) is 0. The number of anilines is 1. The minimum absolute atomic E-state index is 0.0171. The second-order valence-electron chi connectivity index (χ2n) is 7.66. The summed E-state index contributed by atoms with van der Waals surface area (Å²) in [5, 5.41) is 3.05. The van der Waals surface area contributed by atoms with Crippen LogP contribution in [0.3, 0.4) is 0 Å². The van der Waals surface area contributed by atoms with Gasteiger partial charge in [-0.15, -0.1) is 0 Å². The number of hydrogen-bond donors (Lipinski definition) is 1. The Hall–Kier alpha value is -1.75. The highest BCUT2D eigenvalue weighted by Gasteiger charge is 2.23. The standard InChI is InChI=1S/C21H33N3O2/c1-3-26-20-5-4-12-24(16-20)21(25)22-15-18-6-8-19(9-7-18)23-13-10-17(2)11-14-23/h6-9,17,20H,3-5,10-16H2,1-2H3,(H,22,25). The lowest BCUT2D eigenvalue weighted by molar-refractivity contribution is 0.0164. The monoisotopic (exact) mass is 359 g/mol. The lowest BCUT2D eigenvalue weighted by atomic mass is 9.99. The number of rotatable bonds is 5. The zero-order valence-electron chi connectivity index (χ0n) is 16.2. The molecule has 0 radical (unpaired) electrons. The summed E-state index contributed by atoms with van der Waals surface area (Å²) >= 11 is 0. The first kappa shape index (κ1) is 19.0. The molecule has 2 saturated heterocycles. The maximum atomic E-state index is 12.4. The van der Waals surface area contributed by atoms with Crippen molar-refractivity contribution in [1.82, 2.24) is 10.2 Å². The van der Waals surface area contributed by atoms with Crippen molar-refractivity contribution in [3.63, 3.8) is 0 Å². The molecule has 2 amide bonds. The van der Waals surface area contributed by atoms with E-state index in [0.717, 1.165) is 44.0 Å². The van der Waals surface area contributed by atoms with Crippen molar-refractivity contribution in [3.05, 3.63) is 29.8 Å². The topological polar surface area (TPSA) is 44.8 Å². The van der Waals surface area contributed by atoms with Crippen LogP contribution in [0.25, 0.3) is 0 Å². The molecule has 2 aliphatic heterocycles. The fraction of sp³-hybridized carbons (Fsp3) is 0.667. The molecule has 0 spiro atoms. The average Bonchev–Trinajstić information content (AvgIpc) is 2.68. The smallest absolute Gasteiger partial charge is 0.317 e. The van der Waals surface area contributed by atoms with Crippen molar-refractivity contribution in [2.45, 2.75) is 52.2 Å². The van der Waals surface area contributed by atoms with Gasteiger partial charge >= 0.3 is 6.03 Å². The van der Waals surface area contributed by atoms with Gasteiger partial charge in [0.05, 0.1) is 6.10 Å². The highest BCUT2D eigenvalue weighted by molar-refractivity contribution is 5.74. The first-order valence-electron chi connectivity index (χ1n) is 10.1. The normalized spacial score (nSPS) is 21.7. The number of carbonyl (C=O) groups excluding carboxylic acids is 1. The van der Waals surface area contributed by atoms with Gasteiger partial charge in [0.15, 0.2) is 0 Å². The van der Waals surface area contributed by atoms with E-state index in [-0.39, 0.29) is 12.1 Å². The lowest BCUT2D eigenvalue weighted by Crippen LogP contribution is -2.47. The van der Waals surface area contributed by atoms with Crippen molar-refractivity contribution in [2.24, 2.45) is 5.92 Å². The average molecular weight is 360 g/mol. The number of urea groups is 1. The van der Waals surface area contributed by atoms with Gasteiger partial charge in [-0.3, -0.25) is 0 Å². The van der Waals surface area contributed by atoms with E-state index in [1.54, 1.807) is 0 Å². The van der Waals surface area contributed by atoms with Crippen molar-refractivity contribution in [3.8, 4) is 0 Å².